The number of carboxylic acids is 1. The third-order valence-electron chi connectivity index (χ3n) is 4.40. The number of aromatic carboxylic acids is 1. The molecule has 0 radical (unpaired) electrons. The molecule has 24 heavy (non-hydrogen) atoms. The molecule has 6 heteroatoms. The number of benzene rings is 1. The Kier molecular flexibility index (Phi) is 5.73. The summed E-state index contributed by atoms with van der Waals surface area (Å²) in [5.74, 6) is -0.995. The number of nitrogens with zero attached hydrogens (tertiary/aromatic N) is 2. The molecule has 2 rings (SSSR count). The maximum atomic E-state index is 12.2. The Morgan fingerprint density at radius 3 is 2.25 bits per heavy atom. The summed E-state index contributed by atoms with van der Waals surface area (Å²) in [5, 5.41) is 8.86. The van der Waals surface area contributed by atoms with Crippen LogP contribution in [-0.4, -0.2) is 58.9 Å². The van der Waals surface area contributed by atoms with Gasteiger partial charge in [0.2, 0.25) is 11.8 Å². The fraction of sp³-hybridized carbons (Fsp3) is 0.389. The molecule has 0 aromatic heterocycles. The average molecular weight is 330 g/mol. The summed E-state index contributed by atoms with van der Waals surface area (Å²) < 4.78 is 0. The van der Waals surface area contributed by atoms with Crippen molar-refractivity contribution in [2.45, 2.75) is 25.8 Å². The molecular formula is C18H22N2O4. The van der Waals surface area contributed by atoms with Crippen molar-refractivity contribution in [2.24, 2.45) is 0 Å². The topological polar surface area (TPSA) is 77.9 Å². The number of piperidine rings is 1. The zero-order chi connectivity index (χ0) is 17.7. The van der Waals surface area contributed by atoms with E-state index < -0.39 is 5.97 Å². The monoisotopic (exact) mass is 330 g/mol. The van der Waals surface area contributed by atoms with Crippen LogP contribution in [0.3, 0.4) is 0 Å². The first-order chi connectivity index (χ1) is 11.4. The zero-order valence-corrected chi connectivity index (χ0v) is 13.9. The molecule has 0 saturated carbocycles. The Hall–Kier alpha value is -2.63. The average Bonchev–Trinajstić information content (AvgIpc) is 2.59. The molecule has 6 nitrogen and oxygen atoms in total. The number of amides is 2. The van der Waals surface area contributed by atoms with Gasteiger partial charge >= 0.3 is 5.97 Å². The summed E-state index contributed by atoms with van der Waals surface area (Å²) in [5.41, 5.74) is 0.995. The van der Waals surface area contributed by atoms with Gasteiger partial charge in [0, 0.05) is 39.2 Å². The van der Waals surface area contributed by atoms with E-state index >= 15 is 0 Å². The maximum Gasteiger partial charge on any atom is 0.335 e. The molecule has 1 saturated heterocycles. The van der Waals surface area contributed by atoms with E-state index in [4.69, 9.17) is 5.11 Å². The minimum absolute atomic E-state index is 0.0458. The minimum atomic E-state index is -0.972. The van der Waals surface area contributed by atoms with Gasteiger partial charge in [0.25, 0.3) is 0 Å². The minimum Gasteiger partial charge on any atom is -0.478 e. The van der Waals surface area contributed by atoms with Crippen molar-refractivity contribution in [1.82, 2.24) is 9.80 Å². The molecule has 1 fully saturated rings. The van der Waals surface area contributed by atoms with Gasteiger partial charge in [-0.1, -0.05) is 12.1 Å². The van der Waals surface area contributed by atoms with Crippen molar-refractivity contribution in [3.05, 3.63) is 41.5 Å². The van der Waals surface area contributed by atoms with E-state index in [1.54, 1.807) is 42.0 Å². The smallest absolute Gasteiger partial charge is 0.335 e. The van der Waals surface area contributed by atoms with Crippen LogP contribution in [0, 0.1) is 0 Å². The standard InChI is InChI=1S/C18H22N2O4/c1-13(21)19(2)16-9-11-20(12-10-16)17(22)8-5-14-3-6-15(7-4-14)18(23)24/h3-8,16H,9-12H2,1-2H3,(H,23,24). The molecule has 128 valence electrons. The van der Waals surface area contributed by atoms with E-state index in [2.05, 4.69) is 0 Å². The van der Waals surface area contributed by atoms with E-state index in [0.29, 0.717) is 13.1 Å². The Morgan fingerprint density at radius 1 is 1.17 bits per heavy atom. The molecular weight excluding hydrogens is 308 g/mol. The first kappa shape index (κ1) is 17.7. The van der Waals surface area contributed by atoms with Gasteiger partial charge in [-0.3, -0.25) is 9.59 Å². The third-order valence-corrected chi connectivity index (χ3v) is 4.40. The van der Waals surface area contributed by atoms with Crippen molar-refractivity contribution < 1.29 is 19.5 Å². The summed E-state index contributed by atoms with van der Waals surface area (Å²) in [4.78, 5) is 37.9. The first-order valence-electron chi connectivity index (χ1n) is 7.92. The van der Waals surface area contributed by atoms with Crippen LogP contribution < -0.4 is 0 Å². The van der Waals surface area contributed by atoms with Crippen molar-refractivity contribution in [2.75, 3.05) is 20.1 Å². The Morgan fingerprint density at radius 2 is 1.75 bits per heavy atom. The largest absolute Gasteiger partial charge is 0.478 e. The molecule has 1 aliphatic heterocycles. The van der Waals surface area contributed by atoms with E-state index in [1.165, 1.54) is 18.2 Å². The van der Waals surface area contributed by atoms with Gasteiger partial charge < -0.3 is 14.9 Å². The number of carboxylic acid groups (broad SMARTS) is 1. The molecule has 0 aliphatic carbocycles. The molecule has 1 aliphatic rings. The normalized spacial score (nSPS) is 15.5. The summed E-state index contributed by atoms with van der Waals surface area (Å²) >= 11 is 0. The lowest BCUT2D eigenvalue weighted by molar-refractivity contribution is -0.132. The van der Waals surface area contributed by atoms with Crippen LogP contribution in [0.4, 0.5) is 0 Å². The van der Waals surface area contributed by atoms with Gasteiger partial charge in [0.05, 0.1) is 5.56 Å². The molecule has 0 atom stereocenters. The molecule has 0 unspecified atom stereocenters. The van der Waals surface area contributed by atoms with Gasteiger partial charge in [0.1, 0.15) is 0 Å². The third kappa shape index (κ3) is 4.44. The molecule has 1 heterocycles. The van der Waals surface area contributed by atoms with Gasteiger partial charge in [0.15, 0.2) is 0 Å². The van der Waals surface area contributed by atoms with Crippen molar-refractivity contribution in [3.8, 4) is 0 Å². The number of carbonyl (C=O) groups is 3. The van der Waals surface area contributed by atoms with Crippen LogP contribution in [0.1, 0.15) is 35.7 Å². The molecule has 0 spiro atoms. The Balaban J connectivity index is 1.89. The summed E-state index contributed by atoms with van der Waals surface area (Å²) in [7, 11) is 1.80. The predicted molar refractivity (Wildman–Crippen MR) is 90.5 cm³/mol. The first-order valence-corrected chi connectivity index (χ1v) is 7.92. The van der Waals surface area contributed by atoms with Gasteiger partial charge in [-0.05, 0) is 36.6 Å². The number of likely N-dealkylation sites (tertiary alicyclic amines) is 1. The summed E-state index contributed by atoms with van der Waals surface area (Å²) in [6.45, 7) is 2.81. The van der Waals surface area contributed by atoms with Crippen molar-refractivity contribution >= 4 is 23.9 Å². The van der Waals surface area contributed by atoms with Crippen LogP contribution in [0.2, 0.25) is 0 Å². The molecule has 1 aromatic carbocycles. The second-order valence-corrected chi connectivity index (χ2v) is 5.95. The molecule has 1 aromatic rings. The molecule has 0 bridgehead atoms. The highest BCUT2D eigenvalue weighted by molar-refractivity contribution is 5.92. The fourth-order valence-electron chi connectivity index (χ4n) is 2.74. The highest BCUT2D eigenvalue weighted by atomic mass is 16.4. The van der Waals surface area contributed by atoms with E-state index in [1.807, 2.05) is 0 Å². The molecule has 1 N–H and O–H groups in total. The highest BCUT2D eigenvalue weighted by Crippen LogP contribution is 2.16. The zero-order valence-electron chi connectivity index (χ0n) is 13.9. The van der Waals surface area contributed by atoms with Gasteiger partial charge in [-0.25, -0.2) is 4.79 Å². The van der Waals surface area contributed by atoms with Crippen LogP contribution in [-0.2, 0) is 9.59 Å². The van der Waals surface area contributed by atoms with E-state index in [0.717, 1.165) is 18.4 Å². The fourth-order valence-corrected chi connectivity index (χ4v) is 2.74. The van der Waals surface area contributed by atoms with Gasteiger partial charge in [-0.15, -0.1) is 0 Å². The lowest BCUT2D eigenvalue weighted by Crippen LogP contribution is -2.46. The van der Waals surface area contributed by atoms with E-state index in [-0.39, 0.29) is 23.4 Å². The maximum absolute atomic E-state index is 12.2. The SMILES string of the molecule is CC(=O)N(C)C1CCN(C(=O)C=Cc2ccc(C(=O)O)cc2)CC1. The highest BCUT2D eigenvalue weighted by Gasteiger charge is 2.25. The lowest BCUT2D eigenvalue weighted by Gasteiger charge is -2.36. The lowest BCUT2D eigenvalue weighted by atomic mass is 10.0. The Labute approximate surface area is 141 Å². The summed E-state index contributed by atoms with van der Waals surface area (Å²) in [6.07, 6.45) is 4.75. The van der Waals surface area contributed by atoms with E-state index in [9.17, 15) is 14.4 Å². The Bertz CT molecular complexity index is 643. The molecule has 2 amide bonds. The van der Waals surface area contributed by atoms with Gasteiger partial charge in [-0.2, -0.15) is 0 Å². The quantitative estimate of drug-likeness (QED) is 0.855. The van der Waals surface area contributed by atoms with Crippen molar-refractivity contribution in [3.63, 3.8) is 0 Å². The number of hydrogen-bond donors (Lipinski definition) is 1. The van der Waals surface area contributed by atoms with Crippen LogP contribution in [0.15, 0.2) is 30.3 Å². The second-order valence-electron chi connectivity index (χ2n) is 5.95. The number of hydrogen-bond acceptors (Lipinski definition) is 3. The summed E-state index contributed by atoms with van der Waals surface area (Å²) in [6, 6.07) is 6.55. The predicted octanol–water partition coefficient (Wildman–Crippen LogP) is 1.87. The van der Waals surface area contributed by atoms with Crippen molar-refractivity contribution in [1.29, 1.82) is 0 Å². The number of rotatable bonds is 4. The van der Waals surface area contributed by atoms with Crippen LogP contribution >= 0.6 is 0 Å². The second kappa shape index (κ2) is 7.77. The van der Waals surface area contributed by atoms with Crippen LogP contribution in [0.5, 0.6) is 0 Å². The van der Waals surface area contributed by atoms with Crippen LogP contribution in [0.25, 0.3) is 6.08 Å². The number of carbonyl (C=O) groups excluding carboxylic acids is 2.